The monoisotopic (exact) mass is 235 g/mol. The molecule has 0 saturated carbocycles. The summed E-state index contributed by atoms with van der Waals surface area (Å²) in [5.41, 5.74) is 9.45. The predicted molar refractivity (Wildman–Crippen MR) is 65.5 cm³/mol. The first-order valence-corrected chi connectivity index (χ1v) is 5.59. The zero-order chi connectivity index (χ0) is 11.5. The Labute approximate surface area is 100 Å². The second-order valence-electron chi connectivity index (χ2n) is 3.89. The number of hydrogen-bond acceptors (Lipinski definition) is 2. The van der Waals surface area contributed by atoms with Crippen molar-refractivity contribution in [1.82, 2.24) is 0 Å². The van der Waals surface area contributed by atoms with E-state index in [1.807, 2.05) is 18.2 Å². The van der Waals surface area contributed by atoms with Crippen LogP contribution in [0.1, 0.15) is 22.7 Å². The maximum atomic E-state index is 6.10. The molecule has 0 aliphatic carbocycles. The van der Waals surface area contributed by atoms with E-state index in [-0.39, 0.29) is 6.04 Å². The fourth-order valence-corrected chi connectivity index (χ4v) is 2.01. The summed E-state index contributed by atoms with van der Waals surface area (Å²) in [4.78, 5) is 0. The van der Waals surface area contributed by atoms with Crippen LogP contribution in [-0.4, -0.2) is 0 Å². The van der Waals surface area contributed by atoms with E-state index < -0.39 is 0 Å². The van der Waals surface area contributed by atoms with Crippen molar-refractivity contribution in [2.45, 2.75) is 19.4 Å². The minimum absolute atomic E-state index is 0.118. The molecule has 0 aliphatic rings. The molecule has 1 aromatic heterocycles. The third kappa shape index (κ3) is 2.29. The first-order valence-electron chi connectivity index (χ1n) is 5.21. The average molecular weight is 236 g/mol. The van der Waals surface area contributed by atoms with Crippen molar-refractivity contribution in [2.75, 3.05) is 0 Å². The van der Waals surface area contributed by atoms with E-state index in [0.717, 1.165) is 12.0 Å². The van der Waals surface area contributed by atoms with Crippen LogP contribution in [0.5, 0.6) is 0 Å². The Kier molecular flexibility index (Phi) is 3.32. The molecule has 1 heterocycles. The summed E-state index contributed by atoms with van der Waals surface area (Å²) in [5, 5.41) is 0.390. The van der Waals surface area contributed by atoms with Gasteiger partial charge in [-0.1, -0.05) is 24.3 Å². The van der Waals surface area contributed by atoms with Crippen LogP contribution in [0.3, 0.4) is 0 Å². The molecule has 0 radical (unpaired) electrons. The third-order valence-electron chi connectivity index (χ3n) is 2.75. The molecule has 0 amide bonds. The molecule has 0 aliphatic heterocycles. The molecular formula is C13H14ClNO. The highest BCUT2D eigenvalue weighted by atomic mass is 35.5. The second kappa shape index (κ2) is 4.73. The van der Waals surface area contributed by atoms with Gasteiger partial charge in [-0.25, -0.2) is 0 Å². The van der Waals surface area contributed by atoms with E-state index in [9.17, 15) is 0 Å². The van der Waals surface area contributed by atoms with Gasteiger partial charge in [0, 0.05) is 11.6 Å². The minimum atomic E-state index is -0.118. The first kappa shape index (κ1) is 11.2. The van der Waals surface area contributed by atoms with E-state index in [0.29, 0.717) is 5.22 Å². The highest BCUT2D eigenvalue weighted by Gasteiger charge is 2.13. The Hall–Kier alpha value is -1.25. The Morgan fingerprint density at radius 1 is 1.31 bits per heavy atom. The number of halogens is 1. The molecule has 2 aromatic rings. The molecule has 0 bridgehead atoms. The van der Waals surface area contributed by atoms with Crippen molar-refractivity contribution >= 4 is 11.6 Å². The number of benzene rings is 1. The normalized spacial score (nSPS) is 12.7. The number of aryl methyl sites for hydroxylation is 1. The smallest absolute Gasteiger partial charge is 0.197 e. The van der Waals surface area contributed by atoms with E-state index in [4.69, 9.17) is 21.8 Å². The lowest BCUT2D eigenvalue weighted by atomic mass is 9.98. The van der Waals surface area contributed by atoms with Crippen molar-refractivity contribution in [3.8, 4) is 0 Å². The quantitative estimate of drug-likeness (QED) is 0.885. The van der Waals surface area contributed by atoms with Gasteiger partial charge in [0.25, 0.3) is 0 Å². The number of rotatable bonds is 3. The molecule has 1 aromatic carbocycles. The summed E-state index contributed by atoms with van der Waals surface area (Å²) in [6.07, 6.45) is 2.33. The van der Waals surface area contributed by atoms with Crippen LogP contribution in [0.4, 0.5) is 0 Å². The molecule has 1 unspecified atom stereocenters. The molecule has 84 valence electrons. The van der Waals surface area contributed by atoms with Gasteiger partial charge in [0.1, 0.15) is 0 Å². The molecule has 0 fully saturated rings. The molecular weight excluding hydrogens is 222 g/mol. The largest absolute Gasteiger partial charge is 0.453 e. The zero-order valence-corrected chi connectivity index (χ0v) is 9.87. The molecule has 3 heteroatoms. The van der Waals surface area contributed by atoms with Gasteiger partial charge in [0.15, 0.2) is 5.22 Å². The van der Waals surface area contributed by atoms with E-state index >= 15 is 0 Å². The molecule has 2 nitrogen and oxygen atoms in total. The van der Waals surface area contributed by atoms with E-state index in [1.54, 1.807) is 6.26 Å². The van der Waals surface area contributed by atoms with Crippen LogP contribution < -0.4 is 5.73 Å². The van der Waals surface area contributed by atoms with Crippen molar-refractivity contribution in [1.29, 1.82) is 0 Å². The maximum absolute atomic E-state index is 6.10. The Morgan fingerprint density at radius 2 is 2.06 bits per heavy atom. The zero-order valence-electron chi connectivity index (χ0n) is 9.11. The van der Waals surface area contributed by atoms with Crippen molar-refractivity contribution in [3.63, 3.8) is 0 Å². The average Bonchev–Trinajstić information content (AvgIpc) is 2.68. The number of hydrogen-bond donors (Lipinski definition) is 1. The van der Waals surface area contributed by atoms with Crippen molar-refractivity contribution < 1.29 is 4.42 Å². The Balaban J connectivity index is 2.17. The van der Waals surface area contributed by atoms with E-state index in [1.165, 1.54) is 11.1 Å². The van der Waals surface area contributed by atoms with Gasteiger partial charge in [0.2, 0.25) is 0 Å². The highest BCUT2D eigenvalue weighted by Crippen LogP contribution is 2.25. The van der Waals surface area contributed by atoms with Gasteiger partial charge in [0.05, 0.1) is 6.26 Å². The van der Waals surface area contributed by atoms with Gasteiger partial charge < -0.3 is 10.2 Å². The summed E-state index contributed by atoms with van der Waals surface area (Å²) >= 11 is 5.89. The minimum Gasteiger partial charge on any atom is -0.453 e. The first-order chi connectivity index (χ1) is 7.68. The molecule has 2 rings (SSSR count). The summed E-state index contributed by atoms with van der Waals surface area (Å²) < 4.78 is 5.04. The number of nitrogens with two attached hydrogens (primary N) is 1. The van der Waals surface area contributed by atoms with Crippen LogP contribution in [0.15, 0.2) is 41.0 Å². The van der Waals surface area contributed by atoms with Crippen molar-refractivity contribution in [2.24, 2.45) is 5.73 Å². The van der Waals surface area contributed by atoms with Gasteiger partial charge >= 0.3 is 0 Å². The summed E-state index contributed by atoms with van der Waals surface area (Å²) in [7, 11) is 0. The third-order valence-corrected chi connectivity index (χ3v) is 3.05. The lowest BCUT2D eigenvalue weighted by Gasteiger charge is -2.12. The summed E-state index contributed by atoms with van der Waals surface area (Å²) in [5.74, 6) is 0. The standard InChI is InChI=1S/C13H14ClNO/c1-9-4-2-3-5-10(9)8-12(15)11-6-7-16-13(11)14/h2-7,12H,8,15H2,1H3. The fourth-order valence-electron chi connectivity index (χ4n) is 1.76. The van der Waals surface area contributed by atoms with Crippen LogP contribution in [-0.2, 0) is 6.42 Å². The predicted octanol–water partition coefficient (Wildman–Crippen LogP) is 3.48. The van der Waals surface area contributed by atoms with Crippen LogP contribution in [0.2, 0.25) is 5.22 Å². The Morgan fingerprint density at radius 3 is 2.69 bits per heavy atom. The molecule has 2 N–H and O–H groups in total. The lowest BCUT2D eigenvalue weighted by molar-refractivity contribution is 0.560. The van der Waals surface area contributed by atoms with Gasteiger partial charge in [-0.15, -0.1) is 0 Å². The second-order valence-corrected chi connectivity index (χ2v) is 4.23. The van der Waals surface area contributed by atoms with Gasteiger partial charge in [-0.3, -0.25) is 0 Å². The summed E-state index contributed by atoms with van der Waals surface area (Å²) in [6, 6.07) is 9.92. The SMILES string of the molecule is Cc1ccccc1CC(N)c1ccoc1Cl. The highest BCUT2D eigenvalue weighted by molar-refractivity contribution is 6.29. The molecule has 0 spiro atoms. The lowest BCUT2D eigenvalue weighted by Crippen LogP contribution is -2.13. The fraction of sp³-hybridized carbons (Fsp3) is 0.231. The topological polar surface area (TPSA) is 39.2 Å². The van der Waals surface area contributed by atoms with E-state index in [2.05, 4.69) is 19.1 Å². The number of furan rings is 1. The van der Waals surface area contributed by atoms with Crippen LogP contribution >= 0.6 is 11.6 Å². The van der Waals surface area contributed by atoms with Crippen LogP contribution in [0, 0.1) is 6.92 Å². The Bertz CT molecular complexity index is 478. The molecule has 0 saturated heterocycles. The van der Waals surface area contributed by atoms with Crippen molar-refractivity contribution in [3.05, 3.63) is 58.5 Å². The van der Waals surface area contributed by atoms with Gasteiger partial charge in [-0.2, -0.15) is 0 Å². The maximum Gasteiger partial charge on any atom is 0.197 e. The molecule has 1 atom stereocenters. The van der Waals surface area contributed by atoms with Crippen LogP contribution in [0.25, 0.3) is 0 Å². The molecule has 16 heavy (non-hydrogen) atoms. The summed E-state index contributed by atoms with van der Waals surface area (Å²) in [6.45, 7) is 2.08. The van der Waals surface area contributed by atoms with Gasteiger partial charge in [-0.05, 0) is 42.1 Å².